The molecule has 1 rings (SSSR count). The van der Waals surface area contributed by atoms with Gasteiger partial charge in [0.2, 0.25) is 5.28 Å². The van der Waals surface area contributed by atoms with Crippen molar-refractivity contribution in [2.24, 2.45) is 0 Å². The molecule has 16 heavy (non-hydrogen) atoms. The molecule has 0 spiro atoms. The number of methoxy groups -OCH3 is 1. The number of aliphatic hydroxyl groups is 1. The van der Waals surface area contributed by atoms with Gasteiger partial charge in [-0.3, -0.25) is 0 Å². The molecule has 0 saturated heterocycles. The van der Waals surface area contributed by atoms with Crippen LogP contribution in [0.2, 0.25) is 5.28 Å². The molecule has 0 unspecified atom stereocenters. The Kier molecular flexibility index (Phi) is 5.37. The van der Waals surface area contributed by atoms with Gasteiger partial charge in [-0.25, -0.2) is 9.37 Å². The van der Waals surface area contributed by atoms with Crippen LogP contribution >= 0.6 is 11.6 Å². The Labute approximate surface area is 97.8 Å². The number of hydrogen-bond donors (Lipinski definition) is 1. The average molecular weight is 250 g/mol. The maximum Gasteiger partial charge on any atom is 0.224 e. The number of ether oxygens (including phenoxy) is 1. The van der Waals surface area contributed by atoms with E-state index in [9.17, 15) is 4.39 Å². The molecule has 0 radical (unpaired) electrons. The van der Waals surface area contributed by atoms with Crippen molar-refractivity contribution in [3.63, 3.8) is 0 Å². The Morgan fingerprint density at radius 2 is 2.31 bits per heavy atom. The lowest BCUT2D eigenvalue weighted by atomic mass is 10.4. The molecular formula is C9H13ClFN3O2. The van der Waals surface area contributed by atoms with Crippen molar-refractivity contribution >= 4 is 17.4 Å². The van der Waals surface area contributed by atoms with Gasteiger partial charge in [0.1, 0.15) is 0 Å². The summed E-state index contributed by atoms with van der Waals surface area (Å²) in [4.78, 5) is 8.85. The van der Waals surface area contributed by atoms with Gasteiger partial charge in [0, 0.05) is 20.2 Å². The van der Waals surface area contributed by atoms with Crippen molar-refractivity contribution in [1.29, 1.82) is 0 Å². The summed E-state index contributed by atoms with van der Waals surface area (Å²) >= 11 is 5.59. The van der Waals surface area contributed by atoms with Crippen molar-refractivity contribution in [3.05, 3.63) is 17.3 Å². The minimum Gasteiger partial charge on any atom is -0.395 e. The Hall–Kier alpha value is -0.980. The molecule has 1 heterocycles. The van der Waals surface area contributed by atoms with Gasteiger partial charge in [-0.2, -0.15) is 4.98 Å². The first-order chi connectivity index (χ1) is 7.69. The van der Waals surface area contributed by atoms with Gasteiger partial charge in [0.15, 0.2) is 11.6 Å². The summed E-state index contributed by atoms with van der Waals surface area (Å²) in [5, 5.41) is 8.85. The number of rotatable bonds is 6. The van der Waals surface area contributed by atoms with Crippen LogP contribution in [0.15, 0.2) is 6.20 Å². The largest absolute Gasteiger partial charge is 0.395 e. The van der Waals surface area contributed by atoms with Crippen molar-refractivity contribution in [1.82, 2.24) is 9.97 Å². The number of hydrogen-bond acceptors (Lipinski definition) is 5. The van der Waals surface area contributed by atoms with E-state index in [1.807, 2.05) is 0 Å². The highest BCUT2D eigenvalue weighted by Crippen LogP contribution is 2.16. The van der Waals surface area contributed by atoms with E-state index in [-0.39, 0.29) is 24.3 Å². The average Bonchev–Trinajstić information content (AvgIpc) is 2.28. The highest BCUT2D eigenvalue weighted by molar-refractivity contribution is 6.28. The topological polar surface area (TPSA) is 58.5 Å². The zero-order valence-electron chi connectivity index (χ0n) is 8.86. The second kappa shape index (κ2) is 6.57. The van der Waals surface area contributed by atoms with Crippen molar-refractivity contribution in [3.8, 4) is 0 Å². The van der Waals surface area contributed by atoms with Gasteiger partial charge >= 0.3 is 0 Å². The van der Waals surface area contributed by atoms with Crippen LogP contribution in [0.4, 0.5) is 10.2 Å². The first-order valence-electron chi connectivity index (χ1n) is 4.71. The molecule has 1 N–H and O–H groups in total. The lowest BCUT2D eigenvalue weighted by molar-refractivity contribution is 0.202. The van der Waals surface area contributed by atoms with Gasteiger partial charge in [0.25, 0.3) is 0 Å². The third kappa shape index (κ3) is 3.55. The van der Waals surface area contributed by atoms with E-state index < -0.39 is 5.82 Å². The predicted molar refractivity (Wildman–Crippen MR) is 58.2 cm³/mol. The molecular weight excluding hydrogens is 237 g/mol. The lowest BCUT2D eigenvalue weighted by Gasteiger charge is -2.22. The van der Waals surface area contributed by atoms with E-state index in [1.165, 1.54) is 0 Å². The molecule has 0 aromatic carbocycles. The zero-order valence-corrected chi connectivity index (χ0v) is 9.61. The van der Waals surface area contributed by atoms with Crippen molar-refractivity contribution in [2.45, 2.75) is 0 Å². The fraction of sp³-hybridized carbons (Fsp3) is 0.556. The third-order valence-electron chi connectivity index (χ3n) is 1.93. The van der Waals surface area contributed by atoms with Crippen LogP contribution in [0.25, 0.3) is 0 Å². The molecule has 0 bridgehead atoms. The Balaban J connectivity index is 2.85. The van der Waals surface area contributed by atoms with Gasteiger partial charge < -0.3 is 14.7 Å². The smallest absolute Gasteiger partial charge is 0.224 e. The number of nitrogens with zero attached hydrogens (tertiary/aromatic N) is 3. The standard InChI is InChI=1S/C9H13ClFN3O2/c1-16-5-3-14(2-4-15)8-7(11)6-12-9(10)13-8/h6,15H,2-5H2,1H3. The first-order valence-corrected chi connectivity index (χ1v) is 5.09. The molecule has 7 heteroatoms. The molecule has 0 atom stereocenters. The van der Waals surface area contributed by atoms with E-state index in [0.717, 1.165) is 6.20 Å². The maximum absolute atomic E-state index is 13.4. The van der Waals surface area contributed by atoms with Crippen molar-refractivity contribution < 1.29 is 14.2 Å². The van der Waals surface area contributed by atoms with Crippen LogP contribution in [0.5, 0.6) is 0 Å². The number of aliphatic hydroxyl groups excluding tert-OH is 1. The quantitative estimate of drug-likeness (QED) is 0.753. The molecule has 1 aromatic heterocycles. The van der Waals surface area contributed by atoms with Gasteiger partial charge in [-0.15, -0.1) is 0 Å². The molecule has 0 fully saturated rings. The number of anilines is 1. The monoisotopic (exact) mass is 249 g/mol. The highest BCUT2D eigenvalue weighted by Gasteiger charge is 2.13. The van der Waals surface area contributed by atoms with E-state index in [1.54, 1.807) is 12.0 Å². The molecule has 0 amide bonds. The van der Waals surface area contributed by atoms with E-state index >= 15 is 0 Å². The molecule has 0 aliphatic carbocycles. The molecule has 0 aliphatic heterocycles. The Morgan fingerprint density at radius 3 is 2.94 bits per heavy atom. The zero-order chi connectivity index (χ0) is 12.0. The van der Waals surface area contributed by atoms with Crippen LogP contribution < -0.4 is 4.90 Å². The fourth-order valence-corrected chi connectivity index (χ4v) is 1.33. The van der Waals surface area contributed by atoms with Gasteiger partial charge in [-0.1, -0.05) is 0 Å². The summed E-state index contributed by atoms with van der Waals surface area (Å²) in [6, 6.07) is 0. The van der Waals surface area contributed by atoms with E-state index in [0.29, 0.717) is 13.2 Å². The normalized spacial score (nSPS) is 10.5. The summed E-state index contributed by atoms with van der Waals surface area (Å²) in [5.41, 5.74) is 0. The molecule has 1 aromatic rings. The summed E-state index contributed by atoms with van der Waals surface area (Å²) in [6.07, 6.45) is 1.00. The second-order valence-electron chi connectivity index (χ2n) is 3.01. The van der Waals surface area contributed by atoms with Crippen LogP contribution in [-0.2, 0) is 4.74 Å². The van der Waals surface area contributed by atoms with Crippen LogP contribution in [0.1, 0.15) is 0 Å². The van der Waals surface area contributed by atoms with Crippen LogP contribution in [-0.4, -0.2) is 48.5 Å². The molecule has 0 aliphatic rings. The molecule has 90 valence electrons. The third-order valence-corrected chi connectivity index (χ3v) is 2.11. The minimum absolute atomic E-state index is 0.0308. The number of halogens is 2. The van der Waals surface area contributed by atoms with Gasteiger partial charge in [-0.05, 0) is 11.6 Å². The summed E-state index contributed by atoms with van der Waals surface area (Å²) in [5.74, 6) is -0.500. The van der Waals surface area contributed by atoms with Crippen LogP contribution in [0, 0.1) is 5.82 Å². The summed E-state index contributed by atoms with van der Waals surface area (Å²) < 4.78 is 18.3. The van der Waals surface area contributed by atoms with Crippen LogP contribution in [0.3, 0.4) is 0 Å². The summed E-state index contributed by atoms with van der Waals surface area (Å²) in [6.45, 7) is 0.973. The summed E-state index contributed by atoms with van der Waals surface area (Å²) in [7, 11) is 1.54. The number of aromatic nitrogens is 2. The van der Waals surface area contributed by atoms with E-state index in [2.05, 4.69) is 9.97 Å². The van der Waals surface area contributed by atoms with Crippen molar-refractivity contribution in [2.75, 3.05) is 38.3 Å². The molecule has 5 nitrogen and oxygen atoms in total. The van der Waals surface area contributed by atoms with Gasteiger partial charge in [0.05, 0.1) is 19.4 Å². The SMILES string of the molecule is COCCN(CCO)c1nc(Cl)ncc1F. The minimum atomic E-state index is -0.575. The maximum atomic E-state index is 13.4. The highest BCUT2D eigenvalue weighted by atomic mass is 35.5. The fourth-order valence-electron chi connectivity index (χ4n) is 1.20. The first kappa shape index (κ1) is 13.1. The predicted octanol–water partition coefficient (Wildman–Crippen LogP) is 0.714. The Morgan fingerprint density at radius 1 is 1.56 bits per heavy atom. The van der Waals surface area contributed by atoms with E-state index in [4.69, 9.17) is 21.4 Å². The lowest BCUT2D eigenvalue weighted by Crippen LogP contribution is -2.31. The molecule has 0 saturated carbocycles. The second-order valence-corrected chi connectivity index (χ2v) is 3.35. The Bertz CT molecular complexity index is 341.